The molecule has 124 valence electrons. The maximum atomic E-state index is 11.8. The summed E-state index contributed by atoms with van der Waals surface area (Å²) in [5.41, 5.74) is 6.39. The quantitative estimate of drug-likeness (QED) is 0.709. The molecule has 2 aliphatic rings. The van der Waals surface area contributed by atoms with Crippen LogP contribution in [0.5, 0.6) is 5.75 Å². The van der Waals surface area contributed by atoms with E-state index in [0.717, 1.165) is 24.8 Å². The van der Waals surface area contributed by atoms with E-state index in [1.807, 2.05) is 19.9 Å². The van der Waals surface area contributed by atoms with E-state index in [1.54, 1.807) is 12.1 Å². The molecule has 3 rings (SSSR count). The minimum atomic E-state index is -0.807. The number of rotatable bonds is 4. The molecule has 0 bridgehead atoms. The molecular formula is C17H17N3O4. The number of primary amides is 1. The minimum Gasteiger partial charge on any atom is -0.501 e. The fraction of sp³-hybridized carbons (Fsp3) is 0.235. The van der Waals surface area contributed by atoms with Gasteiger partial charge in [0.15, 0.2) is 11.3 Å². The van der Waals surface area contributed by atoms with Gasteiger partial charge in [-0.1, -0.05) is 0 Å². The van der Waals surface area contributed by atoms with Crippen LogP contribution in [-0.2, 0) is 0 Å². The van der Waals surface area contributed by atoms with Gasteiger partial charge in [-0.3, -0.25) is 9.59 Å². The Labute approximate surface area is 137 Å². The standard InChI is InChI=1S/C17H17N3O4/c1-3-20(4-2)9-5-6-11-13(7-9)24-16-14(19-11)10(17(18)23)8-12(21)15(16)22/h5-8,22H,3-4H2,1-2H3,(H2,18,23). The summed E-state index contributed by atoms with van der Waals surface area (Å²) in [7, 11) is 0. The maximum Gasteiger partial charge on any atom is 0.251 e. The number of carbonyl (C=O) groups is 1. The lowest BCUT2D eigenvalue weighted by Crippen LogP contribution is -2.21. The van der Waals surface area contributed by atoms with E-state index >= 15 is 0 Å². The van der Waals surface area contributed by atoms with Gasteiger partial charge in [-0.15, -0.1) is 0 Å². The number of phenolic OH excluding ortho intramolecular Hbond substituents is 1. The average molecular weight is 327 g/mol. The third kappa shape index (κ3) is 2.44. The van der Waals surface area contributed by atoms with Crippen LogP contribution in [0, 0.1) is 0 Å². The van der Waals surface area contributed by atoms with Crippen molar-refractivity contribution in [3.63, 3.8) is 0 Å². The molecule has 7 heteroatoms. The van der Waals surface area contributed by atoms with Gasteiger partial charge in [-0.25, -0.2) is 4.98 Å². The molecular weight excluding hydrogens is 310 g/mol. The molecule has 1 aliphatic heterocycles. The normalized spacial score (nSPS) is 11.1. The van der Waals surface area contributed by atoms with Gasteiger partial charge in [0.05, 0.1) is 5.56 Å². The molecule has 1 aromatic carbocycles. The molecule has 24 heavy (non-hydrogen) atoms. The first-order valence-electron chi connectivity index (χ1n) is 7.61. The summed E-state index contributed by atoms with van der Waals surface area (Å²) in [6, 6.07) is 6.42. The van der Waals surface area contributed by atoms with E-state index in [4.69, 9.17) is 10.2 Å². The van der Waals surface area contributed by atoms with Crippen LogP contribution in [0.25, 0.3) is 22.6 Å². The maximum absolute atomic E-state index is 11.8. The Balaban J connectivity index is 2.33. The molecule has 0 unspecified atom stereocenters. The van der Waals surface area contributed by atoms with E-state index in [9.17, 15) is 14.7 Å². The van der Waals surface area contributed by atoms with Crippen LogP contribution < -0.4 is 16.1 Å². The van der Waals surface area contributed by atoms with Crippen LogP contribution in [0.15, 0.2) is 33.5 Å². The first-order chi connectivity index (χ1) is 11.5. The number of fused-ring (bicyclic) bond motifs is 2. The van der Waals surface area contributed by atoms with E-state index in [2.05, 4.69) is 9.88 Å². The predicted molar refractivity (Wildman–Crippen MR) is 90.6 cm³/mol. The van der Waals surface area contributed by atoms with Gasteiger partial charge in [-0.2, -0.15) is 0 Å². The number of nitrogens with zero attached hydrogens (tertiary/aromatic N) is 2. The molecule has 0 spiro atoms. The zero-order chi connectivity index (χ0) is 17.4. The highest BCUT2D eigenvalue weighted by Gasteiger charge is 2.24. The van der Waals surface area contributed by atoms with Crippen LogP contribution in [-0.4, -0.2) is 29.1 Å². The summed E-state index contributed by atoms with van der Waals surface area (Å²) in [6.07, 6.45) is 0. The van der Waals surface area contributed by atoms with E-state index in [-0.39, 0.29) is 17.0 Å². The number of nitrogens with two attached hydrogens (primary N) is 1. The zero-order valence-electron chi connectivity index (χ0n) is 13.4. The fourth-order valence-electron chi connectivity index (χ4n) is 2.70. The topological polar surface area (TPSA) is 110 Å². The Kier molecular flexibility index (Phi) is 3.84. The van der Waals surface area contributed by atoms with Crippen LogP contribution in [0.4, 0.5) is 5.69 Å². The third-order valence-corrected chi connectivity index (χ3v) is 3.98. The van der Waals surface area contributed by atoms with Gasteiger partial charge in [0.25, 0.3) is 5.91 Å². The van der Waals surface area contributed by atoms with Gasteiger partial charge in [-0.05, 0) is 26.0 Å². The summed E-state index contributed by atoms with van der Waals surface area (Å²) in [4.78, 5) is 29.8. The molecule has 3 N–H and O–H groups in total. The molecule has 0 saturated carbocycles. The monoisotopic (exact) mass is 327 g/mol. The SMILES string of the molecule is CCN(CC)c1ccc2nc3c(C(N)=O)cc(=O)c(O)c-3oc2c1. The van der Waals surface area contributed by atoms with E-state index < -0.39 is 17.1 Å². The van der Waals surface area contributed by atoms with Gasteiger partial charge < -0.3 is 20.2 Å². The van der Waals surface area contributed by atoms with Gasteiger partial charge in [0, 0.05) is 30.9 Å². The molecule has 0 saturated heterocycles. The Morgan fingerprint density at radius 3 is 2.62 bits per heavy atom. The van der Waals surface area contributed by atoms with Crippen molar-refractivity contribution in [2.24, 2.45) is 5.73 Å². The molecule has 7 nitrogen and oxygen atoms in total. The van der Waals surface area contributed by atoms with Gasteiger partial charge >= 0.3 is 0 Å². The van der Waals surface area contributed by atoms with E-state index in [0.29, 0.717) is 11.1 Å². The Morgan fingerprint density at radius 2 is 2.00 bits per heavy atom. The van der Waals surface area contributed by atoms with Crippen LogP contribution in [0.2, 0.25) is 0 Å². The number of aromatic nitrogens is 1. The molecule has 0 radical (unpaired) electrons. The van der Waals surface area contributed by atoms with Crippen molar-refractivity contribution < 1.29 is 14.3 Å². The number of phenols is 1. The number of carbonyl (C=O) groups excluding carboxylic acids is 1. The first-order valence-corrected chi connectivity index (χ1v) is 7.61. The summed E-state index contributed by atoms with van der Waals surface area (Å²) in [5, 5.41) is 9.99. The molecule has 1 aromatic rings. The first kappa shape index (κ1) is 15.8. The average Bonchev–Trinajstić information content (AvgIpc) is 2.57. The largest absolute Gasteiger partial charge is 0.501 e. The summed E-state index contributed by atoms with van der Waals surface area (Å²) in [6.45, 7) is 5.73. The molecule has 0 aromatic heterocycles. The van der Waals surface area contributed by atoms with Gasteiger partial charge in [0.2, 0.25) is 11.2 Å². The number of benzene rings is 2. The highest BCUT2D eigenvalue weighted by molar-refractivity contribution is 6.00. The lowest BCUT2D eigenvalue weighted by Gasteiger charge is -2.21. The van der Waals surface area contributed by atoms with Gasteiger partial charge in [0.1, 0.15) is 11.2 Å². The third-order valence-electron chi connectivity index (χ3n) is 3.98. The summed E-state index contributed by atoms with van der Waals surface area (Å²) >= 11 is 0. The highest BCUT2D eigenvalue weighted by atomic mass is 16.4. The van der Waals surface area contributed by atoms with Crippen molar-refractivity contribution >= 4 is 22.7 Å². The number of amides is 1. The van der Waals surface area contributed by atoms with Crippen molar-refractivity contribution in [3.05, 3.63) is 40.1 Å². The number of hydrogen-bond donors (Lipinski definition) is 2. The van der Waals surface area contributed by atoms with Crippen molar-refractivity contribution in [3.8, 4) is 17.2 Å². The summed E-state index contributed by atoms with van der Waals surface area (Å²) < 4.78 is 5.68. The van der Waals surface area contributed by atoms with Crippen LogP contribution >= 0.6 is 0 Å². The number of hydrogen-bond acceptors (Lipinski definition) is 6. The second-order valence-corrected chi connectivity index (χ2v) is 5.35. The fourth-order valence-corrected chi connectivity index (χ4v) is 2.70. The summed E-state index contributed by atoms with van der Waals surface area (Å²) in [5.74, 6) is -1.53. The molecule has 1 amide bonds. The second-order valence-electron chi connectivity index (χ2n) is 5.35. The lowest BCUT2D eigenvalue weighted by atomic mass is 10.1. The van der Waals surface area contributed by atoms with E-state index in [1.165, 1.54) is 0 Å². The Hall–Kier alpha value is -3.09. The zero-order valence-corrected chi connectivity index (χ0v) is 13.4. The van der Waals surface area contributed by atoms with Crippen molar-refractivity contribution in [1.82, 2.24) is 4.98 Å². The molecule has 1 aliphatic carbocycles. The highest BCUT2D eigenvalue weighted by Crippen LogP contribution is 2.33. The van der Waals surface area contributed by atoms with Crippen molar-refractivity contribution in [2.75, 3.05) is 18.0 Å². The minimum absolute atomic E-state index is 0.0719. The predicted octanol–water partition coefficient (Wildman–Crippen LogP) is 1.94. The Morgan fingerprint density at radius 1 is 1.29 bits per heavy atom. The van der Waals surface area contributed by atoms with Crippen LogP contribution in [0.1, 0.15) is 24.2 Å². The second kappa shape index (κ2) is 5.84. The van der Waals surface area contributed by atoms with Crippen LogP contribution in [0.3, 0.4) is 0 Å². The van der Waals surface area contributed by atoms with Crippen molar-refractivity contribution in [1.29, 1.82) is 0 Å². The smallest absolute Gasteiger partial charge is 0.251 e. The van der Waals surface area contributed by atoms with Crippen molar-refractivity contribution in [2.45, 2.75) is 13.8 Å². The Bertz CT molecular complexity index is 960. The number of anilines is 1. The molecule has 1 heterocycles. The number of aromatic hydroxyl groups is 1. The lowest BCUT2D eigenvalue weighted by molar-refractivity contribution is 0.100. The molecule has 0 atom stereocenters. The molecule has 0 fully saturated rings.